The fourth-order valence-corrected chi connectivity index (χ4v) is 1.90. The third-order valence-corrected chi connectivity index (χ3v) is 3.00. The quantitative estimate of drug-likeness (QED) is 0.814. The summed E-state index contributed by atoms with van der Waals surface area (Å²) in [6, 6.07) is 6.19. The molecule has 3 rings (SSSR count). The number of benzene rings is 1. The number of hydrogen-bond acceptors (Lipinski definition) is 3. The van der Waals surface area contributed by atoms with Crippen LogP contribution in [0.25, 0.3) is 10.9 Å². The highest BCUT2D eigenvalue weighted by molar-refractivity contribution is 5.82. The van der Waals surface area contributed by atoms with Gasteiger partial charge >= 0.3 is 0 Å². The van der Waals surface area contributed by atoms with Gasteiger partial charge in [-0.2, -0.15) is 0 Å². The molecule has 1 heterocycles. The van der Waals surface area contributed by atoms with Gasteiger partial charge in [0, 0.05) is 17.3 Å². The fraction of sp³-hybridized carbons (Fsp3) is 0.417. The highest BCUT2D eigenvalue weighted by Gasteiger charge is 2.29. The maximum atomic E-state index is 5.86. The molecule has 78 valence electrons. The van der Waals surface area contributed by atoms with E-state index in [1.807, 2.05) is 19.1 Å². The predicted octanol–water partition coefficient (Wildman–Crippen LogP) is 2.72. The maximum absolute atomic E-state index is 5.86. The van der Waals surface area contributed by atoms with Crippen LogP contribution >= 0.6 is 0 Å². The van der Waals surface area contributed by atoms with Crippen molar-refractivity contribution >= 4 is 10.9 Å². The molecule has 2 N–H and O–H groups in total. The van der Waals surface area contributed by atoms with Gasteiger partial charge in [0.1, 0.15) is 11.3 Å². The van der Waals surface area contributed by atoms with Crippen molar-refractivity contribution in [3.8, 4) is 0 Å². The Labute approximate surface area is 88.2 Å². The summed E-state index contributed by atoms with van der Waals surface area (Å²) in [6.45, 7) is 1.99. The topological polar surface area (TPSA) is 52.0 Å². The van der Waals surface area contributed by atoms with E-state index in [0.717, 1.165) is 22.2 Å². The lowest BCUT2D eigenvalue weighted by Gasteiger charge is -2.04. The number of fused-ring (bicyclic) bond motifs is 1. The highest BCUT2D eigenvalue weighted by atomic mass is 16.5. The second-order valence-electron chi connectivity index (χ2n) is 4.39. The summed E-state index contributed by atoms with van der Waals surface area (Å²) in [5.41, 5.74) is 7.96. The van der Waals surface area contributed by atoms with Crippen molar-refractivity contribution in [3.05, 3.63) is 29.5 Å². The summed E-state index contributed by atoms with van der Waals surface area (Å²) < 4.78 is 5.38. The SMILES string of the molecule is CC(N)c1ccc2noc(C3CC3)c2c1. The van der Waals surface area contributed by atoms with Crippen molar-refractivity contribution in [2.24, 2.45) is 5.73 Å². The smallest absolute Gasteiger partial charge is 0.147 e. The molecule has 0 amide bonds. The van der Waals surface area contributed by atoms with E-state index in [0.29, 0.717) is 5.92 Å². The van der Waals surface area contributed by atoms with Crippen LogP contribution in [0, 0.1) is 0 Å². The third kappa shape index (κ3) is 1.43. The molecular formula is C12H14N2O. The van der Waals surface area contributed by atoms with Crippen LogP contribution in [-0.4, -0.2) is 5.16 Å². The average molecular weight is 202 g/mol. The largest absolute Gasteiger partial charge is 0.360 e. The molecule has 1 saturated carbocycles. The van der Waals surface area contributed by atoms with E-state index in [4.69, 9.17) is 10.3 Å². The molecule has 1 aromatic carbocycles. The monoisotopic (exact) mass is 202 g/mol. The van der Waals surface area contributed by atoms with Crippen molar-refractivity contribution in [1.29, 1.82) is 0 Å². The lowest BCUT2D eigenvalue weighted by Crippen LogP contribution is -2.04. The number of aromatic nitrogens is 1. The first kappa shape index (κ1) is 8.92. The second kappa shape index (κ2) is 3.07. The number of nitrogens with zero attached hydrogens (tertiary/aromatic N) is 1. The molecule has 0 radical (unpaired) electrons. The minimum Gasteiger partial charge on any atom is -0.360 e. The van der Waals surface area contributed by atoms with Crippen LogP contribution in [0.15, 0.2) is 22.7 Å². The number of rotatable bonds is 2. The highest BCUT2D eigenvalue weighted by Crippen LogP contribution is 2.43. The Hall–Kier alpha value is -1.35. The second-order valence-corrected chi connectivity index (χ2v) is 4.39. The molecule has 1 unspecified atom stereocenters. The van der Waals surface area contributed by atoms with Gasteiger partial charge in [0.25, 0.3) is 0 Å². The van der Waals surface area contributed by atoms with E-state index in [9.17, 15) is 0 Å². The summed E-state index contributed by atoms with van der Waals surface area (Å²) >= 11 is 0. The molecule has 2 aromatic rings. The number of nitrogens with two attached hydrogens (primary N) is 1. The van der Waals surface area contributed by atoms with Crippen LogP contribution in [0.4, 0.5) is 0 Å². The maximum Gasteiger partial charge on any atom is 0.147 e. The van der Waals surface area contributed by atoms with Crippen LogP contribution in [0.3, 0.4) is 0 Å². The number of hydrogen-bond donors (Lipinski definition) is 1. The van der Waals surface area contributed by atoms with Gasteiger partial charge in [0.15, 0.2) is 0 Å². The Morgan fingerprint density at radius 3 is 2.93 bits per heavy atom. The third-order valence-electron chi connectivity index (χ3n) is 3.00. The zero-order valence-electron chi connectivity index (χ0n) is 8.73. The van der Waals surface area contributed by atoms with E-state index in [1.165, 1.54) is 12.8 Å². The van der Waals surface area contributed by atoms with Gasteiger partial charge in [-0.05, 0) is 37.5 Å². The first-order valence-electron chi connectivity index (χ1n) is 5.40. The standard InChI is InChI=1S/C12H14N2O/c1-7(13)9-4-5-11-10(6-9)12(15-14-11)8-2-3-8/h4-8H,2-3,13H2,1H3. The summed E-state index contributed by atoms with van der Waals surface area (Å²) in [4.78, 5) is 0. The molecule has 1 aromatic heterocycles. The van der Waals surface area contributed by atoms with Gasteiger partial charge in [-0.15, -0.1) is 0 Å². The van der Waals surface area contributed by atoms with Gasteiger partial charge in [-0.1, -0.05) is 11.2 Å². The van der Waals surface area contributed by atoms with E-state index >= 15 is 0 Å². The molecule has 3 heteroatoms. The Morgan fingerprint density at radius 2 is 2.27 bits per heavy atom. The van der Waals surface area contributed by atoms with Gasteiger partial charge in [-0.3, -0.25) is 0 Å². The van der Waals surface area contributed by atoms with Gasteiger partial charge in [-0.25, -0.2) is 0 Å². The zero-order valence-corrected chi connectivity index (χ0v) is 8.73. The molecule has 15 heavy (non-hydrogen) atoms. The molecular weight excluding hydrogens is 188 g/mol. The molecule has 3 nitrogen and oxygen atoms in total. The Morgan fingerprint density at radius 1 is 1.47 bits per heavy atom. The summed E-state index contributed by atoms with van der Waals surface area (Å²) in [5, 5.41) is 5.21. The van der Waals surface area contributed by atoms with Crippen molar-refractivity contribution in [3.63, 3.8) is 0 Å². The molecule has 0 saturated heterocycles. The average Bonchev–Trinajstić information content (AvgIpc) is 2.98. The lowest BCUT2D eigenvalue weighted by atomic mass is 10.0. The zero-order chi connectivity index (χ0) is 10.4. The molecule has 1 aliphatic carbocycles. The van der Waals surface area contributed by atoms with Gasteiger partial charge < -0.3 is 10.3 Å². The van der Waals surface area contributed by atoms with E-state index in [2.05, 4.69) is 11.2 Å². The lowest BCUT2D eigenvalue weighted by molar-refractivity contribution is 0.392. The van der Waals surface area contributed by atoms with Crippen molar-refractivity contribution in [1.82, 2.24) is 5.16 Å². The van der Waals surface area contributed by atoms with Crippen molar-refractivity contribution in [2.75, 3.05) is 0 Å². The van der Waals surface area contributed by atoms with E-state index < -0.39 is 0 Å². The van der Waals surface area contributed by atoms with Crippen molar-refractivity contribution < 1.29 is 4.52 Å². The molecule has 1 atom stereocenters. The first-order valence-corrected chi connectivity index (χ1v) is 5.40. The first-order chi connectivity index (χ1) is 7.25. The van der Waals surface area contributed by atoms with E-state index in [1.54, 1.807) is 0 Å². The summed E-state index contributed by atoms with van der Waals surface area (Å²) in [6.07, 6.45) is 2.46. The normalized spacial score (nSPS) is 18.3. The van der Waals surface area contributed by atoms with Crippen LogP contribution < -0.4 is 5.73 Å². The van der Waals surface area contributed by atoms with Crippen molar-refractivity contribution in [2.45, 2.75) is 31.7 Å². The molecule has 0 spiro atoms. The minimum absolute atomic E-state index is 0.0661. The van der Waals surface area contributed by atoms with Gasteiger partial charge in [0.05, 0.1) is 0 Å². The predicted molar refractivity (Wildman–Crippen MR) is 58.6 cm³/mol. The molecule has 0 bridgehead atoms. The van der Waals surface area contributed by atoms with Gasteiger partial charge in [0.2, 0.25) is 0 Å². The van der Waals surface area contributed by atoms with Crippen LogP contribution in [0.5, 0.6) is 0 Å². The Bertz CT molecular complexity index is 497. The van der Waals surface area contributed by atoms with Crippen LogP contribution in [-0.2, 0) is 0 Å². The van der Waals surface area contributed by atoms with Crippen LogP contribution in [0.1, 0.15) is 43.0 Å². The minimum atomic E-state index is 0.0661. The van der Waals surface area contributed by atoms with Crippen LogP contribution in [0.2, 0.25) is 0 Å². The summed E-state index contributed by atoms with van der Waals surface area (Å²) in [5.74, 6) is 1.64. The Balaban J connectivity index is 2.17. The molecule has 1 fully saturated rings. The summed E-state index contributed by atoms with van der Waals surface area (Å²) in [7, 11) is 0. The fourth-order valence-electron chi connectivity index (χ4n) is 1.90. The molecule has 0 aliphatic heterocycles. The molecule has 1 aliphatic rings. The Kier molecular flexibility index (Phi) is 1.83. The van der Waals surface area contributed by atoms with E-state index in [-0.39, 0.29) is 6.04 Å².